The van der Waals surface area contributed by atoms with Gasteiger partial charge in [0.15, 0.2) is 0 Å². The normalized spacial score (nSPS) is 18.6. The van der Waals surface area contributed by atoms with E-state index < -0.39 is 0 Å². The number of nitrogens with two attached hydrogens (primary N) is 1. The molecule has 1 aromatic rings. The highest BCUT2D eigenvalue weighted by molar-refractivity contribution is 5.94. The van der Waals surface area contributed by atoms with E-state index >= 15 is 0 Å². The lowest BCUT2D eigenvalue weighted by Gasteiger charge is -2.26. The Morgan fingerprint density at radius 2 is 2.30 bits per heavy atom. The Bertz CT molecular complexity index is 457. The molecule has 20 heavy (non-hydrogen) atoms. The zero-order valence-electron chi connectivity index (χ0n) is 12.5. The summed E-state index contributed by atoms with van der Waals surface area (Å²) in [5.41, 5.74) is 6.48. The fourth-order valence-electron chi connectivity index (χ4n) is 2.63. The van der Waals surface area contributed by atoms with Gasteiger partial charge < -0.3 is 15.5 Å². The molecule has 2 rings (SSSR count). The lowest BCUT2D eigenvalue weighted by molar-refractivity contribution is 0.0790. The minimum Gasteiger partial charge on any atom is -0.354 e. The summed E-state index contributed by atoms with van der Waals surface area (Å²) < 4.78 is 0. The first-order chi connectivity index (χ1) is 9.52. The highest BCUT2D eigenvalue weighted by Gasteiger charge is 2.24. The van der Waals surface area contributed by atoms with Crippen LogP contribution >= 0.6 is 0 Å². The predicted molar refractivity (Wildman–Crippen MR) is 80.9 cm³/mol. The molecule has 1 atom stereocenters. The van der Waals surface area contributed by atoms with E-state index in [4.69, 9.17) is 5.73 Å². The Balaban J connectivity index is 2.10. The molecule has 0 spiro atoms. The highest BCUT2D eigenvalue weighted by Crippen LogP contribution is 2.16. The van der Waals surface area contributed by atoms with Gasteiger partial charge >= 0.3 is 0 Å². The number of carbonyl (C=O) groups is 1. The Kier molecular flexibility index (Phi) is 4.60. The number of amides is 1. The number of pyridine rings is 1. The van der Waals surface area contributed by atoms with Crippen LogP contribution in [0.4, 0.5) is 5.82 Å². The van der Waals surface area contributed by atoms with Gasteiger partial charge in [-0.25, -0.2) is 4.98 Å². The molecule has 0 bridgehead atoms. The van der Waals surface area contributed by atoms with Gasteiger partial charge in [-0.05, 0) is 39.3 Å². The van der Waals surface area contributed by atoms with Crippen LogP contribution in [0.15, 0.2) is 18.3 Å². The number of anilines is 1. The number of hydrogen-bond acceptors (Lipinski definition) is 4. The van der Waals surface area contributed by atoms with Crippen molar-refractivity contribution in [2.45, 2.75) is 39.3 Å². The van der Waals surface area contributed by atoms with Gasteiger partial charge in [0.05, 0.1) is 5.56 Å². The van der Waals surface area contributed by atoms with Crippen molar-refractivity contribution in [3.05, 3.63) is 23.9 Å². The van der Waals surface area contributed by atoms with Crippen LogP contribution in [0.25, 0.3) is 0 Å². The molecular formula is C15H24N4O. The molecule has 0 unspecified atom stereocenters. The maximum absolute atomic E-state index is 12.3. The van der Waals surface area contributed by atoms with Crippen molar-refractivity contribution in [1.82, 2.24) is 9.88 Å². The summed E-state index contributed by atoms with van der Waals surface area (Å²) in [4.78, 5) is 20.7. The second kappa shape index (κ2) is 6.22. The molecule has 1 fully saturated rings. The molecule has 1 amide bonds. The molecule has 1 aliphatic heterocycles. The molecule has 0 aliphatic carbocycles. The summed E-state index contributed by atoms with van der Waals surface area (Å²) in [5.74, 6) is 0.946. The van der Waals surface area contributed by atoms with Gasteiger partial charge in [0.2, 0.25) is 0 Å². The lowest BCUT2D eigenvalue weighted by Crippen LogP contribution is -2.33. The Morgan fingerprint density at radius 1 is 1.55 bits per heavy atom. The van der Waals surface area contributed by atoms with Gasteiger partial charge in [0.1, 0.15) is 5.82 Å². The summed E-state index contributed by atoms with van der Waals surface area (Å²) in [6.07, 6.45) is 2.56. The summed E-state index contributed by atoms with van der Waals surface area (Å²) in [7, 11) is 0. The lowest BCUT2D eigenvalue weighted by atomic mass is 10.2. The van der Waals surface area contributed by atoms with E-state index in [0.29, 0.717) is 18.2 Å². The first kappa shape index (κ1) is 14.8. The van der Waals surface area contributed by atoms with Crippen molar-refractivity contribution in [1.29, 1.82) is 0 Å². The average molecular weight is 276 g/mol. The van der Waals surface area contributed by atoms with E-state index in [1.165, 1.54) is 0 Å². The van der Waals surface area contributed by atoms with E-state index in [1.807, 2.05) is 12.1 Å². The van der Waals surface area contributed by atoms with Crippen LogP contribution in [0.3, 0.4) is 0 Å². The van der Waals surface area contributed by atoms with Crippen LogP contribution in [0.1, 0.15) is 37.6 Å². The van der Waals surface area contributed by atoms with Crippen LogP contribution in [0.2, 0.25) is 0 Å². The third kappa shape index (κ3) is 3.10. The van der Waals surface area contributed by atoms with Crippen molar-refractivity contribution in [2.24, 2.45) is 5.73 Å². The zero-order chi connectivity index (χ0) is 14.7. The van der Waals surface area contributed by atoms with E-state index in [-0.39, 0.29) is 11.9 Å². The molecule has 2 N–H and O–H groups in total. The van der Waals surface area contributed by atoms with E-state index in [2.05, 4.69) is 30.7 Å². The van der Waals surface area contributed by atoms with Crippen molar-refractivity contribution >= 4 is 11.7 Å². The van der Waals surface area contributed by atoms with E-state index in [0.717, 1.165) is 25.3 Å². The molecule has 0 saturated carbocycles. The fraction of sp³-hybridized carbons (Fsp3) is 0.600. The van der Waals surface area contributed by atoms with Gasteiger partial charge in [0.25, 0.3) is 5.91 Å². The van der Waals surface area contributed by atoms with Gasteiger partial charge in [-0.3, -0.25) is 4.79 Å². The van der Waals surface area contributed by atoms with E-state index in [9.17, 15) is 4.79 Å². The summed E-state index contributed by atoms with van der Waals surface area (Å²) >= 11 is 0. The summed E-state index contributed by atoms with van der Waals surface area (Å²) in [6.45, 7) is 8.67. The van der Waals surface area contributed by atoms with Crippen LogP contribution < -0.4 is 10.6 Å². The van der Waals surface area contributed by atoms with Crippen molar-refractivity contribution in [2.75, 3.05) is 24.5 Å². The van der Waals surface area contributed by atoms with Crippen LogP contribution in [-0.2, 0) is 0 Å². The molecule has 1 aliphatic rings. The maximum Gasteiger partial charge on any atom is 0.255 e. The second-order valence-electron chi connectivity index (χ2n) is 5.58. The quantitative estimate of drug-likeness (QED) is 0.905. The van der Waals surface area contributed by atoms with Crippen LogP contribution in [-0.4, -0.2) is 47.5 Å². The van der Waals surface area contributed by atoms with Gasteiger partial charge in [0, 0.05) is 37.9 Å². The first-order valence-electron chi connectivity index (χ1n) is 7.30. The first-order valence-corrected chi connectivity index (χ1v) is 7.30. The van der Waals surface area contributed by atoms with Gasteiger partial charge in [-0.1, -0.05) is 0 Å². The Morgan fingerprint density at radius 3 is 2.75 bits per heavy atom. The van der Waals surface area contributed by atoms with Crippen LogP contribution in [0.5, 0.6) is 0 Å². The molecule has 1 aromatic heterocycles. The molecule has 2 heterocycles. The SMILES string of the molecule is CCN(c1ccc(C(=O)N2CC[C@@H](N)C2)cn1)C(C)C. The minimum atomic E-state index is 0.0320. The number of nitrogens with zero attached hydrogens (tertiary/aromatic N) is 3. The second-order valence-corrected chi connectivity index (χ2v) is 5.58. The molecule has 5 heteroatoms. The van der Waals surface area contributed by atoms with Crippen molar-refractivity contribution < 1.29 is 4.79 Å². The van der Waals surface area contributed by atoms with E-state index in [1.54, 1.807) is 11.1 Å². The number of carbonyl (C=O) groups excluding carboxylic acids is 1. The topological polar surface area (TPSA) is 62.5 Å². The van der Waals surface area contributed by atoms with Crippen molar-refractivity contribution in [3.63, 3.8) is 0 Å². The predicted octanol–water partition coefficient (Wildman–Crippen LogP) is 1.49. The third-order valence-corrected chi connectivity index (χ3v) is 3.77. The Hall–Kier alpha value is -1.62. The van der Waals surface area contributed by atoms with Crippen LogP contribution in [0, 0.1) is 0 Å². The molecule has 0 aromatic carbocycles. The van der Waals surface area contributed by atoms with Crippen molar-refractivity contribution in [3.8, 4) is 0 Å². The van der Waals surface area contributed by atoms with Gasteiger partial charge in [-0.2, -0.15) is 0 Å². The number of hydrogen-bond donors (Lipinski definition) is 1. The third-order valence-electron chi connectivity index (χ3n) is 3.77. The standard InChI is InChI=1S/C15H24N4O/c1-4-19(11(2)3)14-6-5-12(9-17-14)15(20)18-8-7-13(16)10-18/h5-6,9,11,13H,4,7-8,10,16H2,1-3H3/t13-/m1/s1. The maximum atomic E-state index is 12.3. The molecule has 110 valence electrons. The number of aromatic nitrogens is 1. The summed E-state index contributed by atoms with van der Waals surface area (Å²) in [5, 5.41) is 0. The number of likely N-dealkylation sites (tertiary alicyclic amines) is 1. The Labute approximate surface area is 120 Å². The average Bonchev–Trinajstić information content (AvgIpc) is 2.86. The minimum absolute atomic E-state index is 0.0320. The zero-order valence-corrected chi connectivity index (χ0v) is 12.5. The summed E-state index contributed by atoms with van der Waals surface area (Å²) in [6, 6.07) is 4.29. The fourth-order valence-corrected chi connectivity index (χ4v) is 2.63. The molecule has 0 radical (unpaired) electrons. The monoisotopic (exact) mass is 276 g/mol. The number of rotatable bonds is 4. The van der Waals surface area contributed by atoms with Gasteiger partial charge in [-0.15, -0.1) is 0 Å². The largest absolute Gasteiger partial charge is 0.354 e. The molecule has 5 nitrogen and oxygen atoms in total. The molecular weight excluding hydrogens is 252 g/mol. The smallest absolute Gasteiger partial charge is 0.255 e. The highest BCUT2D eigenvalue weighted by atomic mass is 16.2. The molecule has 1 saturated heterocycles.